The number of halogens is 1. The molecule has 0 saturated carbocycles. The lowest BCUT2D eigenvalue weighted by atomic mass is 10.1. The predicted octanol–water partition coefficient (Wildman–Crippen LogP) is 1.86. The van der Waals surface area contributed by atoms with Gasteiger partial charge in [-0.3, -0.25) is 0 Å². The van der Waals surface area contributed by atoms with Crippen LogP contribution in [0.1, 0.15) is 11.3 Å². The lowest BCUT2D eigenvalue weighted by Gasteiger charge is -2.19. The maximum absolute atomic E-state index is 14.2. The Morgan fingerprint density at radius 3 is 3.06 bits per heavy atom. The third-order valence-corrected chi connectivity index (χ3v) is 4.00. The van der Waals surface area contributed by atoms with E-state index in [0.717, 1.165) is 49.1 Å². The van der Waals surface area contributed by atoms with Crippen LogP contribution in [0, 0.1) is 5.82 Å². The maximum Gasteiger partial charge on any atom is 0.143 e. The molecule has 0 amide bonds. The van der Waals surface area contributed by atoms with Crippen molar-refractivity contribution in [3.05, 3.63) is 29.2 Å². The first-order valence-corrected chi connectivity index (χ1v) is 6.52. The van der Waals surface area contributed by atoms with Crippen LogP contribution in [0.5, 0.6) is 5.75 Å². The van der Waals surface area contributed by atoms with Crippen LogP contribution in [-0.2, 0) is 19.4 Å². The number of nitrogens with one attached hydrogen (secondary N) is 1. The van der Waals surface area contributed by atoms with E-state index in [2.05, 4.69) is 9.88 Å². The number of hydrogen-bond donors (Lipinski definition) is 1. The highest BCUT2D eigenvalue weighted by Crippen LogP contribution is 2.37. The Kier molecular flexibility index (Phi) is 2.14. The lowest BCUT2D eigenvalue weighted by molar-refractivity contribution is 0.284. The van der Waals surface area contributed by atoms with Gasteiger partial charge in [0.1, 0.15) is 18.2 Å². The summed E-state index contributed by atoms with van der Waals surface area (Å²) in [5, 5.41) is 4.16. The molecule has 2 aliphatic rings. The zero-order valence-corrected chi connectivity index (χ0v) is 10.1. The Morgan fingerprint density at radius 1 is 1.22 bits per heavy atom. The van der Waals surface area contributed by atoms with E-state index in [9.17, 15) is 4.39 Å². The highest BCUT2D eigenvalue weighted by molar-refractivity contribution is 5.91. The molecule has 18 heavy (non-hydrogen) atoms. The topological polar surface area (TPSA) is 26.2 Å². The first-order valence-electron chi connectivity index (χ1n) is 6.52. The smallest absolute Gasteiger partial charge is 0.143 e. The fourth-order valence-electron chi connectivity index (χ4n) is 3.26. The molecule has 1 aromatic heterocycles. The molecule has 0 spiro atoms. The Bertz CT molecular complexity index is 632. The van der Waals surface area contributed by atoms with E-state index in [1.54, 1.807) is 6.07 Å². The summed E-state index contributed by atoms with van der Waals surface area (Å²) in [5.74, 6) is 0.717. The molecule has 1 N–H and O–H groups in total. The Balaban J connectivity index is 2.13. The molecular weight excluding hydrogens is 231 g/mol. The van der Waals surface area contributed by atoms with Crippen molar-refractivity contribution in [1.82, 2.24) is 9.88 Å². The molecule has 0 radical (unpaired) electrons. The molecular formula is C14H15FN2O. The molecule has 2 aliphatic heterocycles. The van der Waals surface area contributed by atoms with E-state index < -0.39 is 0 Å². The number of benzene rings is 1. The fourth-order valence-corrected chi connectivity index (χ4v) is 3.26. The van der Waals surface area contributed by atoms with Gasteiger partial charge in [-0.15, -0.1) is 0 Å². The number of nitrogens with zero attached hydrogens (tertiary/aromatic N) is 1. The van der Waals surface area contributed by atoms with Crippen LogP contribution in [0.25, 0.3) is 10.9 Å². The van der Waals surface area contributed by atoms with Gasteiger partial charge in [0.2, 0.25) is 0 Å². The van der Waals surface area contributed by atoms with E-state index in [4.69, 9.17) is 4.74 Å². The SMILES string of the molecule is Fc1ccc2c3c1c1c(n3CCO2)CCNCC1. The number of fused-ring (bicyclic) bond motifs is 3. The van der Waals surface area contributed by atoms with Crippen LogP contribution in [0.3, 0.4) is 0 Å². The maximum atomic E-state index is 14.2. The van der Waals surface area contributed by atoms with E-state index in [0.29, 0.717) is 6.61 Å². The second-order valence-corrected chi connectivity index (χ2v) is 4.94. The average Bonchev–Trinajstić information content (AvgIpc) is 2.57. The van der Waals surface area contributed by atoms with Gasteiger partial charge in [-0.2, -0.15) is 0 Å². The van der Waals surface area contributed by atoms with Crippen molar-refractivity contribution in [2.75, 3.05) is 19.7 Å². The minimum atomic E-state index is -0.115. The monoisotopic (exact) mass is 246 g/mol. The summed E-state index contributed by atoms with van der Waals surface area (Å²) in [7, 11) is 0. The van der Waals surface area contributed by atoms with E-state index >= 15 is 0 Å². The minimum Gasteiger partial charge on any atom is -0.490 e. The zero-order valence-electron chi connectivity index (χ0n) is 10.1. The summed E-state index contributed by atoms with van der Waals surface area (Å²) in [6.45, 7) is 3.42. The molecule has 0 atom stereocenters. The van der Waals surface area contributed by atoms with Crippen LogP contribution < -0.4 is 10.1 Å². The molecule has 0 unspecified atom stereocenters. The third-order valence-electron chi connectivity index (χ3n) is 4.00. The minimum absolute atomic E-state index is 0.115. The van der Waals surface area contributed by atoms with Gasteiger partial charge in [-0.1, -0.05) is 0 Å². The van der Waals surface area contributed by atoms with Crippen LogP contribution in [0.15, 0.2) is 12.1 Å². The first-order chi connectivity index (χ1) is 8.86. The molecule has 4 rings (SSSR count). The Morgan fingerprint density at radius 2 is 2.11 bits per heavy atom. The number of ether oxygens (including phenoxy) is 1. The summed E-state index contributed by atoms with van der Waals surface area (Å²) in [4.78, 5) is 0. The van der Waals surface area contributed by atoms with Crippen molar-refractivity contribution in [3.63, 3.8) is 0 Å². The van der Waals surface area contributed by atoms with Crippen molar-refractivity contribution < 1.29 is 9.13 Å². The molecule has 0 bridgehead atoms. The van der Waals surface area contributed by atoms with Crippen molar-refractivity contribution >= 4 is 10.9 Å². The zero-order chi connectivity index (χ0) is 12.1. The molecule has 1 aromatic carbocycles. The van der Waals surface area contributed by atoms with Gasteiger partial charge < -0.3 is 14.6 Å². The molecule has 3 heterocycles. The van der Waals surface area contributed by atoms with Crippen LogP contribution in [-0.4, -0.2) is 24.3 Å². The Hall–Kier alpha value is -1.55. The van der Waals surface area contributed by atoms with Gasteiger partial charge in [0.25, 0.3) is 0 Å². The number of hydrogen-bond acceptors (Lipinski definition) is 2. The average molecular weight is 246 g/mol. The quantitative estimate of drug-likeness (QED) is 0.768. The largest absolute Gasteiger partial charge is 0.490 e. The normalized spacial score (nSPS) is 18.3. The second-order valence-electron chi connectivity index (χ2n) is 4.94. The summed E-state index contributed by atoms with van der Waals surface area (Å²) in [6.07, 6.45) is 1.88. The van der Waals surface area contributed by atoms with Crippen molar-refractivity contribution in [2.45, 2.75) is 19.4 Å². The standard InChI is InChI=1S/C14H15FN2O/c15-10-1-2-12-14-13(10)9-3-5-16-6-4-11(9)17(14)7-8-18-12/h1-2,16H,3-8H2. The molecule has 4 heteroatoms. The van der Waals surface area contributed by atoms with E-state index in [1.807, 2.05) is 0 Å². The highest BCUT2D eigenvalue weighted by atomic mass is 19.1. The summed E-state index contributed by atoms with van der Waals surface area (Å²) in [6, 6.07) is 3.29. The lowest BCUT2D eigenvalue weighted by Crippen LogP contribution is -2.19. The molecule has 0 fully saturated rings. The van der Waals surface area contributed by atoms with E-state index in [-0.39, 0.29) is 5.82 Å². The molecule has 94 valence electrons. The predicted molar refractivity (Wildman–Crippen MR) is 67.7 cm³/mol. The van der Waals surface area contributed by atoms with Gasteiger partial charge >= 0.3 is 0 Å². The molecule has 0 saturated heterocycles. The summed E-state index contributed by atoms with van der Waals surface area (Å²) in [5.41, 5.74) is 3.44. The summed E-state index contributed by atoms with van der Waals surface area (Å²) < 4.78 is 22.1. The highest BCUT2D eigenvalue weighted by Gasteiger charge is 2.25. The number of rotatable bonds is 0. The van der Waals surface area contributed by atoms with E-state index in [1.165, 1.54) is 17.3 Å². The molecule has 2 aromatic rings. The number of aromatic nitrogens is 1. The third kappa shape index (κ3) is 1.27. The molecule has 0 aliphatic carbocycles. The Labute approximate surface area is 105 Å². The van der Waals surface area contributed by atoms with Gasteiger partial charge in [0.15, 0.2) is 0 Å². The van der Waals surface area contributed by atoms with Crippen molar-refractivity contribution in [1.29, 1.82) is 0 Å². The van der Waals surface area contributed by atoms with Gasteiger partial charge in [0.05, 0.1) is 12.1 Å². The van der Waals surface area contributed by atoms with Crippen LogP contribution in [0.4, 0.5) is 4.39 Å². The second kappa shape index (κ2) is 3.72. The van der Waals surface area contributed by atoms with Crippen molar-refractivity contribution in [2.24, 2.45) is 0 Å². The molecule has 3 nitrogen and oxygen atoms in total. The van der Waals surface area contributed by atoms with Gasteiger partial charge in [-0.05, 0) is 30.7 Å². The summed E-state index contributed by atoms with van der Waals surface area (Å²) >= 11 is 0. The van der Waals surface area contributed by atoms with Crippen LogP contribution >= 0.6 is 0 Å². The van der Waals surface area contributed by atoms with Gasteiger partial charge in [-0.25, -0.2) is 4.39 Å². The van der Waals surface area contributed by atoms with Crippen LogP contribution in [0.2, 0.25) is 0 Å². The van der Waals surface area contributed by atoms with Gasteiger partial charge in [0, 0.05) is 24.0 Å². The van der Waals surface area contributed by atoms with Crippen molar-refractivity contribution in [3.8, 4) is 5.75 Å². The first kappa shape index (κ1) is 10.4. The fraction of sp³-hybridized carbons (Fsp3) is 0.429.